The van der Waals surface area contributed by atoms with Crippen molar-refractivity contribution in [3.05, 3.63) is 24.0 Å². The van der Waals surface area contributed by atoms with Crippen LogP contribution < -0.4 is 4.74 Å². The van der Waals surface area contributed by atoms with Crippen LogP contribution in [0.15, 0.2) is 18.5 Å². The Hall–Kier alpha value is -1.10. The maximum absolute atomic E-state index is 10.9. The van der Waals surface area contributed by atoms with Gasteiger partial charge in [0.25, 0.3) is 0 Å². The van der Waals surface area contributed by atoms with Crippen LogP contribution in [0.4, 0.5) is 0 Å². The Morgan fingerprint density at radius 1 is 1.46 bits per heavy atom. The fourth-order valence-electron chi connectivity index (χ4n) is 0.957. The van der Waals surface area contributed by atoms with Gasteiger partial charge in [-0.2, -0.15) is 0 Å². The number of nitrogens with zero attached hydrogens (tertiary/aromatic N) is 1. The fraction of sp³-hybridized carbons (Fsp3) is 0.375. The van der Waals surface area contributed by atoms with Crippen LogP contribution in [0.3, 0.4) is 0 Å². The van der Waals surface area contributed by atoms with Crippen molar-refractivity contribution in [1.82, 2.24) is 4.98 Å². The van der Waals surface area contributed by atoms with Gasteiger partial charge in [0.2, 0.25) is 0 Å². The van der Waals surface area contributed by atoms with E-state index in [4.69, 9.17) is 4.74 Å². The molecule has 0 spiro atoms. The van der Waals surface area contributed by atoms with Crippen molar-refractivity contribution in [2.75, 3.05) is 13.4 Å². The lowest BCUT2D eigenvalue weighted by atomic mass is 10.3. The van der Waals surface area contributed by atoms with Gasteiger partial charge in [0.1, 0.15) is 5.75 Å². The zero-order valence-electron chi connectivity index (χ0n) is 7.52. The molecule has 13 heavy (non-hydrogen) atoms. The second-order valence-electron chi connectivity index (χ2n) is 2.80. The van der Waals surface area contributed by atoms with Crippen molar-refractivity contribution in [1.29, 1.82) is 0 Å². The van der Waals surface area contributed by atoms with Gasteiger partial charge < -0.3 is 4.74 Å². The zero-order valence-corrected chi connectivity index (χ0v) is 8.34. The van der Waals surface area contributed by atoms with Gasteiger partial charge in [0.05, 0.1) is 19.1 Å². The number of pyridine rings is 1. The zero-order chi connectivity index (χ0) is 9.90. The van der Waals surface area contributed by atoms with E-state index in [0.717, 1.165) is 0 Å². The minimum atomic E-state index is -3.00. The minimum absolute atomic E-state index is 0.00278. The molecule has 0 unspecified atom stereocenters. The molecule has 0 fully saturated rings. The van der Waals surface area contributed by atoms with Gasteiger partial charge in [-0.05, 0) is 11.6 Å². The van der Waals surface area contributed by atoms with Gasteiger partial charge in [-0.15, -0.1) is 0 Å². The first kappa shape index (κ1) is 9.98. The quantitative estimate of drug-likeness (QED) is 0.720. The molecule has 0 aliphatic rings. The number of hydrogen-bond donors (Lipinski definition) is 0. The van der Waals surface area contributed by atoms with Gasteiger partial charge in [0, 0.05) is 12.5 Å². The summed E-state index contributed by atoms with van der Waals surface area (Å²) < 4.78 is 26.8. The Bertz CT molecular complexity index is 386. The molecular weight excluding hydrogens is 190 g/mol. The summed E-state index contributed by atoms with van der Waals surface area (Å²) >= 11 is 0. The summed E-state index contributed by atoms with van der Waals surface area (Å²) in [6.45, 7) is 0. The number of hydrogen-bond acceptors (Lipinski definition) is 4. The van der Waals surface area contributed by atoms with Crippen molar-refractivity contribution in [2.24, 2.45) is 0 Å². The molecule has 1 rings (SSSR count). The molecule has 0 aliphatic heterocycles. The molecule has 1 heterocycles. The monoisotopic (exact) mass is 201 g/mol. The lowest BCUT2D eigenvalue weighted by molar-refractivity contribution is 0.412. The second-order valence-corrected chi connectivity index (χ2v) is 4.94. The molecule has 1 aromatic rings. The minimum Gasteiger partial charge on any atom is -0.495 e. The highest BCUT2D eigenvalue weighted by molar-refractivity contribution is 7.89. The highest BCUT2D eigenvalue weighted by Crippen LogP contribution is 2.12. The third kappa shape index (κ3) is 3.42. The molecule has 5 heteroatoms. The van der Waals surface area contributed by atoms with Gasteiger partial charge in [-0.3, -0.25) is 4.98 Å². The molecule has 0 amide bonds. The number of rotatable bonds is 3. The molecule has 0 saturated heterocycles. The SMILES string of the molecule is COc1cncc(CS(C)(=O)=O)c1. The third-order valence-corrected chi connectivity index (χ3v) is 2.29. The lowest BCUT2D eigenvalue weighted by Gasteiger charge is -2.01. The Morgan fingerprint density at radius 3 is 2.69 bits per heavy atom. The molecule has 0 atom stereocenters. The number of aromatic nitrogens is 1. The van der Waals surface area contributed by atoms with E-state index < -0.39 is 9.84 Å². The maximum atomic E-state index is 10.9. The lowest BCUT2D eigenvalue weighted by Crippen LogP contribution is -2.01. The van der Waals surface area contributed by atoms with Crippen molar-refractivity contribution in [3.63, 3.8) is 0 Å². The molecule has 0 radical (unpaired) electrons. The smallest absolute Gasteiger partial charge is 0.151 e. The molecule has 0 bridgehead atoms. The number of sulfone groups is 1. The van der Waals surface area contributed by atoms with Crippen molar-refractivity contribution in [3.8, 4) is 5.75 Å². The molecule has 0 aromatic carbocycles. The normalized spacial score (nSPS) is 11.2. The average molecular weight is 201 g/mol. The van der Waals surface area contributed by atoms with Crippen molar-refractivity contribution in [2.45, 2.75) is 5.75 Å². The van der Waals surface area contributed by atoms with E-state index in [1.54, 1.807) is 6.07 Å². The predicted molar refractivity (Wildman–Crippen MR) is 49.3 cm³/mol. The summed E-state index contributed by atoms with van der Waals surface area (Å²) in [6, 6.07) is 1.66. The van der Waals surface area contributed by atoms with Crippen LogP contribution in [0.5, 0.6) is 5.75 Å². The second kappa shape index (κ2) is 3.74. The highest BCUT2D eigenvalue weighted by Gasteiger charge is 2.05. The standard InChI is InChI=1S/C8H11NO3S/c1-12-8-3-7(4-9-5-8)6-13(2,10)11/h3-5H,6H2,1-2H3. The summed E-state index contributed by atoms with van der Waals surface area (Å²) in [6.07, 6.45) is 4.24. The van der Waals surface area contributed by atoms with Crippen LogP contribution in [0.25, 0.3) is 0 Å². The summed E-state index contributed by atoms with van der Waals surface area (Å²) in [5.74, 6) is 0.568. The number of methoxy groups -OCH3 is 1. The topological polar surface area (TPSA) is 56.3 Å². The first-order chi connectivity index (χ1) is 6.01. The highest BCUT2D eigenvalue weighted by atomic mass is 32.2. The molecule has 0 aliphatic carbocycles. The van der Waals surface area contributed by atoms with Crippen LogP contribution in [-0.4, -0.2) is 26.8 Å². The van der Waals surface area contributed by atoms with E-state index in [1.807, 2.05) is 0 Å². The maximum Gasteiger partial charge on any atom is 0.151 e. The summed E-state index contributed by atoms with van der Waals surface area (Å²) in [5, 5.41) is 0. The first-order valence-corrected chi connectivity index (χ1v) is 5.73. The van der Waals surface area contributed by atoms with E-state index in [2.05, 4.69) is 4.98 Å². The largest absolute Gasteiger partial charge is 0.495 e. The van der Waals surface area contributed by atoms with Gasteiger partial charge in [-0.25, -0.2) is 8.42 Å². The van der Waals surface area contributed by atoms with Crippen LogP contribution in [0.1, 0.15) is 5.56 Å². The van der Waals surface area contributed by atoms with Gasteiger partial charge in [0.15, 0.2) is 9.84 Å². The van der Waals surface area contributed by atoms with Crippen LogP contribution in [0, 0.1) is 0 Å². The summed E-state index contributed by atoms with van der Waals surface area (Å²) in [7, 11) is -1.48. The van der Waals surface area contributed by atoms with E-state index in [9.17, 15) is 8.42 Å². The molecule has 0 N–H and O–H groups in total. The Labute approximate surface area is 77.5 Å². The Morgan fingerprint density at radius 2 is 2.15 bits per heavy atom. The molecule has 72 valence electrons. The van der Waals surface area contributed by atoms with Gasteiger partial charge in [-0.1, -0.05) is 0 Å². The Balaban J connectivity index is 2.90. The van der Waals surface area contributed by atoms with E-state index in [-0.39, 0.29) is 5.75 Å². The van der Waals surface area contributed by atoms with Crippen LogP contribution in [-0.2, 0) is 15.6 Å². The van der Waals surface area contributed by atoms with Crippen LogP contribution in [0.2, 0.25) is 0 Å². The van der Waals surface area contributed by atoms with Crippen LogP contribution >= 0.6 is 0 Å². The average Bonchev–Trinajstić information content (AvgIpc) is 2.01. The Kier molecular flexibility index (Phi) is 2.87. The first-order valence-electron chi connectivity index (χ1n) is 3.67. The van der Waals surface area contributed by atoms with E-state index in [0.29, 0.717) is 11.3 Å². The molecule has 4 nitrogen and oxygen atoms in total. The van der Waals surface area contributed by atoms with Crippen molar-refractivity contribution >= 4 is 9.84 Å². The van der Waals surface area contributed by atoms with E-state index in [1.165, 1.54) is 25.8 Å². The summed E-state index contributed by atoms with van der Waals surface area (Å²) in [5.41, 5.74) is 0.641. The van der Waals surface area contributed by atoms with E-state index >= 15 is 0 Å². The third-order valence-electron chi connectivity index (χ3n) is 1.43. The molecular formula is C8H11NO3S. The fourth-order valence-corrected chi connectivity index (χ4v) is 1.72. The van der Waals surface area contributed by atoms with Crippen molar-refractivity contribution < 1.29 is 13.2 Å². The predicted octanol–water partition coefficient (Wildman–Crippen LogP) is 0.635. The summed E-state index contributed by atoms with van der Waals surface area (Å²) in [4.78, 5) is 3.85. The number of ether oxygens (including phenoxy) is 1. The molecule has 1 aromatic heterocycles. The van der Waals surface area contributed by atoms with Gasteiger partial charge >= 0.3 is 0 Å². The molecule has 0 saturated carbocycles.